The molecule has 0 aromatic rings. The number of rotatable bonds is 7. The lowest BCUT2D eigenvalue weighted by molar-refractivity contribution is -0.138. The maximum atomic E-state index is 12.0. The number of carbonyl (C=O) groups is 2. The molecule has 4 saturated carbocycles. The second-order valence-corrected chi connectivity index (χ2v) is 11.6. The number of aliphatic carboxylic acids is 1. The van der Waals surface area contributed by atoms with Crippen molar-refractivity contribution in [2.24, 2.45) is 39.5 Å². The number of nitrogens with one attached hydrogen (secondary N) is 1. The Bertz CT molecular complexity index is 723. The van der Waals surface area contributed by atoms with Crippen molar-refractivity contribution in [3.8, 4) is 0 Å². The first-order chi connectivity index (χ1) is 14.8. The molecule has 0 saturated heterocycles. The van der Waals surface area contributed by atoms with Crippen molar-refractivity contribution >= 4 is 18.6 Å². The highest BCUT2D eigenvalue weighted by Gasteiger charge is 2.66. The third-order valence-corrected chi connectivity index (χ3v) is 10.6. The second-order valence-electron chi connectivity index (χ2n) is 11.6. The van der Waals surface area contributed by atoms with E-state index in [9.17, 15) is 9.59 Å². The summed E-state index contributed by atoms with van der Waals surface area (Å²) in [6, 6.07) is 0. The van der Waals surface area contributed by atoms with Gasteiger partial charge in [-0.2, -0.15) is 0 Å². The average molecular weight is 431 g/mol. The number of nitrogens with zero attached hydrogens (tertiary/aromatic N) is 1. The van der Waals surface area contributed by atoms with Crippen LogP contribution in [0.1, 0.15) is 97.3 Å². The Balaban J connectivity index is 1.45. The van der Waals surface area contributed by atoms with Crippen molar-refractivity contribution in [2.45, 2.75) is 103 Å². The van der Waals surface area contributed by atoms with E-state index >= 15 is 0 Å². The van der Waals surface area contributed by atoms with Gasteiger partial charge in [0, 0.05) is 6.42 Å². The Kier molecular flexibility index (Phi) is 6.26. The van der Waals surface area contributed by atoms with Gasteiger partial charge in [-0.25, -0.2) is 0 Å². The van der Waals surface area contributed by atoms with Crippen LogP contribution in [0.4, 0.5) is 0 Å². The molecule has 4 rings (SSSR count). The monoisotopic (exact) mass is 430 g/mol. The van der Waals surface area contributed by atoms with Gasteiger partial charge in [-0.3, -0.25) is 14.6 Å². The number of carbonyl (C=O) groups excluding carboxylic acids is 1. The highest BCUT2D eigenvalue weighted by atomic mass is 16.4. The number of carboxylic acids is 1. The normalized spacial score (nSPS) is 43.9. The molecule has 31 heavy (non-hydrogen) atoms. The SMILES string of the molecule is C=NC12CCC(CCCC(=O)NCC(=O)O)C1(C)CCC1C2CCC2CCCCC21C. The molecule has 0 heterocycles. The number of fused-ring (bicyclic) bond motifs is 5. The summed E-state index contributed by atoms with van der Waals surface area (Å²) < 4.78 is 0. The summed E-state index contributed by atoms with van der Waals surface area (Å²) in [6.45, 7) is 9.00. The van der Waals surface area contributed by atoms with Gasteiger partial charge in [-0.15, -0.1) is 0 Å². The lowest BCUT2D eigenvalue weighted by Gasteiger charge is -2.63. The van der Waals surface area contributed by atoms with Crippen LogP contribution in [-0.2, 0) is 9.59 Å². The Morgan fingerprint density at radius 1 is 1.03 bits per heavy atom. The minimum Gasteiger partial charge on any atom is -0.480 e. The van der Waals surface area contributed by atoms with Gasteiger partial charge in [-0.05, 0) is 105 Å². The lowest BCUT2D eigenvalue weighted by Crippen LogP contribution is -2.60. The van der Waals surface area contributed by atoms with E-state index in [1.807, 2.05) is 0 Å². The molecule has 4 fully saturated rings. The minimum atomic E-state index is -0.989. The molecular formula is C26H42N2O3. The summed E-state index contributed by atoms with van der Waals surface area (Å²) >= 11 is 0. The molecule has 7 atom stereocenters. The van der Waals surface area contributed by atoms with Gasteiger partial charge in [0.25, 0.3) is 0 Å². The van der Waals surface area contributed by atoms with Crippen LogP contribution in [0.15, 0.2) is 4.99 Å². The molecule has 4 aliphatic carbocycles. The molecule has 0 spiro atoms. The van der Waals surface area contributed by atoms with Crippen LogP contribution >= 0.6 is 0 Å². The average Bonchev–Trinajstić information content (AvgIpc) is 3.04. The zero-order valence-corrected chi connectivity index (χ0v) is 19.6. The van der Waals surface area contributed by atoms with Gasteiger partial charge >= 0.3 is 5.97 Å². The highest BCUT2D eigenvalue weighted by molar-refractivity contribution is 5.80. The summed E-state index contributed by atoms with van der Waals surface area (Å²) in [6.07, 6.45) is 15.5. The van der Waals surface area contributed by atoms with Crippen molar-refractivity contribution in [2.75, 3.05) is 6.54 Å². The van der Waals surface area contributed by atoms with Crippen LogP contribution < -0.4 is 5.32 Å². The van der Waals surface area contributed by atoms with Gasteiger partial charge in [0.2, 0.25) is 5.91 Å². The number of hydrogen-bond acceptors (Lipinski definition) is 3. The smallest absolute Gasteiger partial charge is 0.322 e. The van der Waals surface area contributed by atoms with Crippen molar-refractivity contribution in [3.05, 3.63) is 0 Å². The van der Waals surface area contributed by atoms with Gasteiger partial charge in [-0.1, -0.05) is 26.7 Å². The topological polar surface area (TPSA) is 78.8 Å². The van der Waals surface area contributed by atoms with E-state index < -0.39 is 5.97 Å². The zero-order chi connectivity index (χ0) is 22.3. The molecule has 0 radical (unpaired) electrons. The molecule has 1 amide bonds. The first-order valence-corrected chi connectivity index (χ1v) is 12.7. The molecule has 2 N–H and O–H groups in total. The fourth-order valence-electron chi connectivity index (χ4n) is 8.98. The van der Waals surface area contributed by atoms with E-state index in [1.165, 1.54) is 57.8 Å². The van der Waals surface area contributed by atoms with Crippen molar-refractivity contribution < 1.29 is 14.7 Å². The van der Waals surface area contributed by atoms with E-state index in [0.29, 0.717) is 23.7 Å². The Morgan fingerprint density at radius 2 is 1.84 bits per heavy atom. The molecule has 7 unspecified atom stereocenters. The summed E-state index contributed by atoms with van der Waals surface area (Å²) in [4.78, 5) is 27.6. The third kappa shape index (κ3) is 3.64. The van der Waals surface area contributed by atoms with Crippen molar-refractivity contribution in [1.82, 2.24) is 5.32 Å². The quantitative estimate of drug-likeness (QED) is 0.543. The third-order valence-electron chi connectivity index (χ3n) is 10.6. The summed E-state index contributed by atoms with van der Waals surface area (Å²) in [7, 11) is 0. The van der Waals surface area contributed by atoms with E-state index in [4.69, 9.17) is 10.1 Å². The maximum absolute atomic E-state index is 12.0. The standard InChI is InChI=1S/C26H42N2O3/c1-24-14-5-4-7-18(24)10-11-21-20(24)13-15-25(2)19(12-16-26(21,25)27-3)8-6-9-22(29)28-17-23(30)31/h18-21H,3-17H2,1-2H3,(H,28,29)(H,30,31). The number of carboxylic acid groups (broad SMARTS) is 1. The highest BCUT2D eigenvalue weighted by Crippen LogP contribution is 2.70. The van der Waals surface area contributed by atoms with Crippen LogP contribution in [-0.4, -0.2) is 35.8 Å². The van der Waals surface area contributed by atoms with Crippen LogP contribution in [0.25, 0.3) is 0 Å². The fraction of sp³-hybridized carbons (Fsp3) is 0.885. The Morgan fingerprint density at radius 3 is 2.58 bits per heavy atom. The summed E-state index contributed by atoms with van der Waals surface area (Å²) in [5.74, 6) is 1.83. The van der Waals surface area contributed by atoms with Crippen LogP contribution in [0.3, 0.4) is 0 Å². The molecular weight excluding hydrogens is 388 g/mol. The van der Waals surface area contributed by atoms with E-state index in [2.05, 4.69) is 25.9 Å². The van der Waals surface area contributed by atoms with E-state index in [-0.39, 0.29) is 23.4 Å². The molecule has 4 aliphatic rings. The van der Waals surface area contributed by atoms with Gasteiger partial charge in [0.15, 0.2) is 0 Å². The molecule has 0 bridgehead atoms. The molecule has 5 nitrogen and oxygen atoms in total. The van der Waals surface area contributed by atoms with E-state index in [0.717, 1.165) is 31.1 Å². The molecule has 5 heteroatoms. The molecule has 0 aromatic carbocycles. The minimum absolute atomic E-state index is 0.0115. The van der Waals surface area contributed by atoms with Crippen LogP contribution in [0.2, 0.25) is 0 Å². The first-order valence-electron chi connectivity index (χ1n) is 12.7. The largest absolute Gasteiger partial charge is 0.480 e. The molecule has 174 valence electrons. The second kappa shape index (κ2) is 8.51. The van der Waals surface area contributed by atoms with E-state index in [1.54, 1.807) is 0 Å². The number of amides is 1. The molecule has 0 aromatic heterocycles. The Hall–Kier alpha value is -1.39. The van der Waals surface area contributed by atoms with Crippen LogP contribution in [0.5, 0.6) is 0 Å². The van der Waals surface area contributed by atoms with Gasteiger partial charge < -0.3 is 10.4 Å². The predicted molar refractivity (Wildman–Crippen MR) is 123 cm³/mol. The summed E-state index contributed by atoms with van der Waals surface area (Å²) in [5, 5.41) is 11.2. The molecule has 0 aliphatic heterocycles. The number of aliphatic imine (C=N–C) groups is 1. The van der Waals surface area contributed by atoms with Crippen molar-refractivity contribution in [3.63, 3.8) is 0 Å². The lowest BCUT2D eigenvalue weighted by atomic mass is 9.42. The Labute approximate surface area is 187 Å². The van der Waals surface area contributed by atoms with Gasteiger partial charge in [0.1, 0.15) is 6.54 Å². The van der Waals surface area contributed by atoms with Gasteiger partial charge in [0.05, 0.1) is 5.54 Å². The zero-order valence-electron chi connectivity index (χ0n) is 19.6. The fourth-order valence-corrected chi connectivity index (χ4v) is 8.98. The predicted octanol–water partition coefficient (Wildman–Crippen LogP) is 5.23. The first kappa shape index (κ1) is 22.8. The van der Waals surface area contributed by atoms with Crippen LogP contribution in [0, 0.1) is 34.5 Å². The number of hydrogen-bond donors (Lipinski definition) is 2. The maximum Gasteiger partial charge on any atom is 0.322 e. The van der Waals surface area contributed by atoms with Crippen molar-refractivity contribution in [1.29, 1.82) is 0 Å². The summed E-state index contributed by atoms with van der Waals surface area (Å²) in [5.41, 5.74) is 0.698.